The summed E-state index contributed by atoms with van der Waals surface area (Å²) in [6, 6.07) is 0. The Morgan fingerprint density at radius 1 is 1.46 bits per heavy atom. The summed E-state index contributed by atoms with van der Waals surface area (Å²) in [4.78, 5) is 19.6. The van der Waals surface area contributed by atoms with E-state index in [1.165, 1.54) is 0 Å². The van der Waals surface area contributed by atoms with Crippen molar-refractivity contribution in [2.75, 3.05) is 0 Å². The smallest absolute Gasteiger partial charge is 0.143 e. The number of aromatic nitrogens is 2. The van der Waals surface area contributed by atoms with Gasteiger partial charge >= 0.3 is 0 Å². The van der Waals surface area contributed by atoms with Crippen molar-refractivity contribution in [1.29, 1.82) is 0 Å². The van der Waals surface area contributed by atoms with Gasteiger partial charge in [0.25, 0.3) is 0 Å². The van der Waals surface area contributed by atoms with Gasteiger partial charge in [-0.15, -0.1) is 0 Å². The van der Waals surface area contributed by atoms with Crippen LogP contribution in [0.3, 0.4) is 0 Å². The molecule has 4 heteroatoms. The Labute approximate surface area is 84.7 Å². The van der Waals surface area contributed by atoms with Crippen LogP contribution in [-0.4, -0.2) is 15.8 Å². The third-order valence-corrected chi connectivity index (χ3v) is 2.88. The van der Waals surface area contributed by atoms with Crippen molar-refractivity contribution in [3.63, 3.8) is 0 Å². The lowest BCUT2D eigenvalue weighted by Crippen LogP contribution is -2.19. The molecule has 1 aromatic heterocycles. The molecule has 0 unspecified atom stereocenters. The Morgan fingerprint density at radius 3 is 2.38 bits per heavy atom. The number of Topliss-reactive ketones (excluding diaryl/α,β-unsaturated/α-hetero) is 1. The molecule has 1 aromatic rings. The zero-order valence-corrected chi connectivity index (χ0v) is 8.84. The van der Waals surface area contributed by atoms with Gasteiger partial charge in [-0.1, -0.05) is 0 Å². The second-order valence-corrected chi connectivity index (χ2v) is 4.28. The molecule has 3 nitrogen and oxygen atoms in total. The molecule has 1 fully saturated rings. The van der Waals surface area contributed by atoms with Crippen molar-refractivity contribution >= 4 is 21.7 Å². The van der Waals surface area contributed by atoms with Crippen molar-refractivity contribution in [3.05, 3.63) is 22.7 Å². The van der Waals surface area contributed by atoms with E-state index in [-0.39, 0.29) is 11.2 Å². The number of carbonyl (C=O) groups is 1. The van der Waals surface area contributed by atoms with Gasteiger partial charge in [-0.25, -0.2) is 9.97 Å². The molecule has 0 aliphatic heterocycles. The highest BCUT2D eigenvalue weighted by Gasteiger charge is 2.51. The molecule has 0 bridgehead atoms. The second kappa shape index (κ2) is 2.87. The standard InChI is InChI=1S/C9H9BrN2O/c1-6(13)9(2-3-9)8-11-4-7(10)5-12-8/h4-5H,2-3H2,1H3. The minimum absolute atomic E-state index is 0.176. The van der Waals surface area contributed by atoms with Crippen molar-refractivity contribution in [2.24, 2.45) is 0 Å². The summed E-state index contributed by atoms with van der Waals surface area (Å²) in [7, 11) is 0. The van der Waals surface area contributed by atoms with Crippen LogP contribution in [0.5, 0.6) is 0 Å². The zero-order chi connectivity index (χ0) is 9.47. The molecular weight excluding hydrogens is 232 g/mol. The van der Waals surface area contributed by atoms with Crippen LogP contribution in [0.25, 0.3) is 0 Å². The fourth-order valence-electron chi connectivity index (χ4n) is 1.42. The molecule has 68 valence electrons. The molecule has 2 rings (SSSR count). The summed E-state index contributed by atoms with van der Waals surface area (Å²) in [5.41, 5.74) is -0.347. The number of carbonyl (C=O) groups excluding carboxylic acids is 1. The minimum atomic E-state index is -0.347. The molecule has 1 aliphatic carbocycles. The fourth-order valence-corrected chi connectivity index (χ4v) is 1.62. The quantitative estimate of drug-likeness (QED) is 0.793. The molecule has 0 aromatic carbocycles. The maximum Gasteiger partial charge on any atom is 0.143 e. The van der Waals surface area contributed by atoms with Gasteiger partial charge in [-0.2, -0.15) is 0 Å². The average molecular weight is 241 g/mol. The number of hydrogen-bond donors (Lipinski definition) is 0. The van der Waals surface area contributed by atoms with Gasteiger partial charge in [-0.05, 0) is 35.7 Å². The zero-order valence-electron chi connectivity index (χ0n) is 7.25. The number of nitrogens with zero attached hydrogens (tertiary/aromatic N) is 2. The normalized spacial score (nSPS) is 18.3. The molecule has 0 spiro atoms. The van der Waals surface area contributed by atoms with E-state index >= 15 is 0 Å². The van der Waals surface area contributed by atoms with Gasteiger partial charge in [0.2, 0.25) is 0 Å². The molecule has 1 aliphatic rings. The van der Waals surface area contributed by atoms with Crippen LogP contribution >= 0.6 is 15.9 Å². The van der Waals surface area contributed by atoms with Gasteiger partial charge in [0.1, 0.15) is 11.6 Å². The molecule has 0 saturated heterocycles. The average Bonchev–Trinajstić information content (AvgIpc) is 2.86. The van der Waals surface area contributed by atoms with E-state index in [0.717, 1.165) is 17.3 Å². The first-order valence-corrected chi connectivity index (χ1v) is 4.93. The molecule has 13 heavy (non-hydrogen) atoms. The molecule has 1 saturated carbocycles. The SMILES string of the molecule is CC(=O)C1(c2ncc(Br)cn2)CC1. The monoisotopic (exact) mass is 240 g/mol. The van der Waals surface area contributed by atoms with E-state index in [0.29, 0.717) is 5.82 Å². The van der Waals surface area contributed by atoms with Crippen LogP contribution in [-0.2, 0) is 10.2 Å². The van der Waals surface area contributed by atoms with E-state index in [1.54, 1.807) is 19.3 Å². The summed E-state index contributed by atoms with van der Waals surface area (Å²) in [6.45, 7) is 1.61. The van der Waals surface area contributed by atoms with Crippen LogP contribution in [0, 0.1) is 0 Å². The summed E-state index contributed by atoms with van der Waals surface area (Å²) in [5.74, 6) is 0.845. The third kappa shape index (κ3) is 1.39. The van der Waals surface area contributed by atoms with Crippen LogP contribution in [0.1, 0.15) is 25.6 Å². The summed E-state index contributed by atoms with van der Waals surface area (Å²) in [5, 5.41) is 0. The van der Waals surface area contributed by atoms with Crippen LogP contribution in [0.15, 0.2) is 16.9 Å². The van der Waals surface area contributed by atoms with E-state index in [2.05, 4.69) is 25.9 Å². The van der Waals surface area contributed by atoms with Gasteiger partial charge in [-0.3, -0.25) is 4.79 Å². The number of ketones is 1. The van der Waals surface area contributed by atoms with Crippen molar-refractivity contribution < 1.29 is 4.79 Å². The largest absolute Gasteiger partial charge is 0.299 e. The lowest BCUT2D eigenvalue weighted by Gasteiger charge is -2.08. The Hall–Kier alpha value is -0.770. The number of hydrogen-bond acceptors (Lipinski definition) is 3. The Bertz CT molecular complexity index is 343. The van der Waals surface area contributed by atoms with Gasteiger partial charge in [0, 0.05) is 12.4 Å². The van der Waals surface area contributed by atoms with E-state index in [4.69, 9.17) is 0 Å². The van der Waals surface area contributed by atoms with Gasteiger partial charge in [0.05, 0.1) is 9.89 Å². The summed E-state index contributed by atoms with van der Waals surface area (Å²) in [6.07, 6.45) is 5.16. The molecular formula is C9H9BrN2O. The van der Waals surface area contributed by atoms with Crippen molar-refractivity contribution in [2.45, 2.75) is 25.2 Å². The van der Waals surface area contributed by atoms with Crippen molar-refractivity contribution in [1.82, 2.24) is 9.97 Å². The topological polar surface area (TPSA) is 42.9 Å². The molecule has 0 N–H and O–H groups in total. The Kier molecular flexibility index (Phi) is 1.95. The van der Waals surface area contributed by atoms with E-state index in [9.17, 15) is 4.79 Å². The first-order valence-electron chi connectivity index (χ1n) is 4.14. The van der Waals surface area contributed by atoms with Crippen LogP contribution < -0.4 is 0 Å². The molecule has 0 atom stereocenters. The number of rotatable bonds is 2. The lowest BCUT2D eigenvalue weighted by molar-refractivity contribution is -0.119. The summed E-state index contributed by atoms with van der Waals surface area (Å²) >= 11 is 3.26. The van der Waals surface area contributed by atoms with E-state index in [1.807, 2.05) is 0 Å². The molecule has 1 heterocycles. The predicted octanol–water partition coefficient (Wildman–Crippen LogP) is 1.86. The third-order valence-electron chi connectivity index (χ3n) is 2.47. The molecule has 0 amide bonds. The first kappa shape index (κ1) is 8.81. The van der Waals surface area contributed by atoms with Gasteiger partial charge in [0.15, 0.2) is 0 Å². The fraction of sp³-hybridized carbons (Fsp3) is 0.444. The van der Waals surface area contributed by atoms with Gasteiger partial charge < -0.3 is 0 Å². The van der Waals surface area contributed by atoms with Crippen molar-refractivity contribution in [3.8, 4) is 0 Å². The maximum absolute atomic E-state index is 11.3. The first-order chi connectivity index (χ1) is 6.15. The van der Waals surface area contributed by atoms with E-state index < -0.39 is 0 Å². The minimum Gasteiger partial charge on any atom is -0.299 e. The maximum atomic E-state index is 11.3. The number of halogens is 1. The molecule has 0 radical (unpaired) electrons. The highest BCUT2D eigenvalue weighted by molar-refractivity contribution is 9.10. The Morgan fingerprint density at radius 2 is 2.00 bits per heavy atom. The highest BCUT2D eigenvalue weighted by atomic mass is 79.9. The Balaban J connectivity index is 2.36. The summed E-state index contributed by atoms with van der Waals surface area (Å²) < 4.78 is 0.843. The lowest BCUT2D eigenvalue weighted by atomic mass is 10.0. The predicted molar refractivity (Wildman–Crippen MR) is 51.3 cm³/mol. The van der Waals surface area contributed by atoms with Crippen LogP contribution in [0.2, 0.25) is 0 Å². The second-order valence-electron chi connectivity index (χ2n) is 3.36. The van der Waals surface area contributed by atoms with Crippen LogP contribution in [0.4, 0.5) is 0 Å². The highest BCUT2D eigenvalue weighted by Crippen LogP contribution is 2.47.